The fourth-order valence-corrected chi connectivity index (χ4v) is 0.482. The van der Waals surface area contributed by atoms with E-state index in [0.717, 1.165) is 0 Å². The SMILES string of the molecule is C[C@H](O)CC[C@H](C)O.O=S(=O)(O)O. The Morgan fingerprint density at radius 1 is 1.00 bits per heavy atom. The molecule has 0 bridgehead atoms. The van der Waals surface area contributed by atoms with E-state index in [2.05, 4.69) is 0 Å². The highest BCUT2D eigenvalue weighted by Gasteiger charge is 1.98. The lowest BCUT2D eigenvalue weighted by molar-refractivity contribution is 0.133. The van der Waals surface area contributed by atoms with Gasteiger partial charge in [0.1, 0.15) is 0 Å². The summed E-state index contributed by atoms with van der Waals surface area (Å²) in [6.07, 6.45) is 0.837. The first-order chi connectivity index (χ1) is 5.63. The Balaban J connectivity index is 0. The van der Waals surface area contributed by atoms with E-state index in [1.54, 1.807) is 13.8 Å². The first-order valence-electron chi connectivity index (χ1n) is 3.69. The molecule has 0 spiro atoms. The van der Waals surface area contributed by atoms with Gasteiger partial charge in [-0.3, -0.25) is 9.11 Å². The van der Waals surface area contributed by atoms with E-state index in [0.29, 0.717) is 12.8 Å². The minimum Gasteiger partial charge on any atom is -0.393 e. The van der Waals surface area contributed by atoms with Crippen LogP contribution in [0.15, 0.2) is 0 Å². The van der Waals surface area contributed by atoms with Gasteiger partial charge in [-0.25, -0.2) is 0 Å². The van der Waals surface area contributed by atoms with Crippen molar-refractivity contribution in [2.24, 2.45) is 0 Å². The molecular weight excluding hydrogens is 200 g/mol. The predicted octanol–water partition coefficient (Wildman–Crippen LogP) is -0.125. The summed E-state index contributed by atoms with van der Waals surface area (Å²) in [5.74, 6) is 0. The van der Waals surface area contributed by atoms with Crippen molar-refractivity contribution in [1.82, 2.24) is 0 Å². The molecule has 0 aliphatic heterocycles. The van der Waals surface area contributed by atoms with E-state index in [9.17, 15) is 0 Å². The molecule has 82 valence electrons. The molecule has 0 aromatic heterocycles. The second-order valence-electron chi connectivity index (χ2n) is 2.72. The Morgan fingerprint density at radius 3 is 1.23 bits per heavy atom. The van der Waals surface area contributed by atoms with Crippen molar-refractivity contribution in [2.75, 3.05) is 0 Å². The van der Waals surface area contributed by atoms with Gasteiger partial charge in [-0.1, -0.05) is 0 Å². The highest BCUT2D eigenvalue weighted by atomic mass is 32.3. The molecule has 0 aliphatic rings. The predicted molar refractivity (Wildman–Crippen MR) is 46.8 cm³/mol. The Bertz CT molecular complexity index is 179. The Labute approximate surface area is 77.8 Å². The van der Waals surface area contributed by atoms with Crippen molar-refractivity contribution < 1.29 is 27.7 Å². The molecule has 0 saturated carbocycles. The molecule has 2 atom stereocenters. The zero-order valence-corrected chi connectivity index (χ0v) is 8.40. The lowest BCUT2D eigenvalue weighted by Gasteiger charge is -2.04. The van der Waals surface area contributed by atoms with Gasteiger partial charge >= 0.3 is 10.4 Å². The average molecular weight is 216 g/mol. The largest absolute Gasteiger partial charge is 0.394 e. The molecule has 0 aromatic carbocycles. The summed E-state index contributed by atoms with van der Waals surface area (Å²) in [4.78, 5) is 0. The molecular formula is C6H16O6S. The molecule has 13 heavy (non-hydrogen) atoms. The lowest BCUT2D eigenvalue weighted by Crippen LogP contribution is -2.06. The van der Waals surface area contributed by atoms with Crippen LogP contribution in [-0.4, -0.2) is 39.9 Å². The van der Waals surface area contributed by atoms with Crippen LogP contribution in [0.25, 0.3) is 0 Å². The molecule has 0 radical (unpaired) electrons. The third-order valence-corrected chi connectivity index (χ3v) is 1.00. The van der Waals surface area contributed by atoms with E-state index in [-0.39, 0.29) is 12.2 Å². The summed E-state index contributed by atoms with van der Waals surface area (Å²) >= 11 is 0. The summed E-state index contributed by atoms with van der Waals surface area (Å²) in [7, 11) is -4.67. The summed E-state index contributed by atoms with van der Waals surface area (Å²) in [5.41, 5.74) is 0. The fraction of sp³-hybridized carbons (Fsp3) is 1.00. The zero-order chi connectivity index (χ0) is 11.1. The van der Waals surface area contributed by atoms with Crippen LogP contribution in [0.2, 0.25) is 0 Å². The maximum atomic E-state index is 8.74. The first kappa shape index (κ1) is 15.3. The molecule has 0 aliphatic carbocycles. The second-order valence-corrected chi connectivity index (χ2v) is 3.62. The number of rotatable bonds is 3. The van der Waals surface area contributed by atoms with Gasteiger partial charge in [0.05, 0.1) is 12.2 Å². The fourth-order valence-electron chi connectivity index (χ4n) is 0.482. The summed E-state index contributed by atoms with van der Waals surface area (Å²) in [5, 5.41) is 17.4. The van der Waals surface area contributed by atoms with E-state index in [1.807, 2.05) is 0 Å². The summed E-state index contributed by atoms with van der Waals surface area (Å²) in [6.45, 7) is 3.45. The normalized spacial score (nSPS) is 15.5. The Hall–Kier alpha value is -0.210. The summed E-state index contributed by atoms with van der Waals surface area (Å²) in [6, 6.07) is 0. The molecule has 0 fully saturated rings. The van der Waals surface area contributed by atoms with Gasteiger partial charge in [0, 0.05) is 0 Å². The van der Waals surface area contributed by atoms with E-state index in [4.69, 9.17) is 27.7 Å². The van der Waals surface area contributed by atoms with Crippen molar-refractivity contribution in [1.29, 1.82) is 0 Å². The average Bonchev–Trinajstić information content (AvgIpc) is 1.79. The van der Waals surface area contributed by atoms with Crippen LogP contribution in [0.4, 0.5) is 0 Å². The maximum Gasteiger partial charge on any atom is 0.394 e. The topological polar surface area (TPSA) is 115 Å². The monoisotopic (exact) mass is 216 g/mol. The van der Waals surface area contributed by atoms with Crippen LogP contribution in [0.3, 0.4) is 0 Å². The molecule has 7 heteroatoms. The van der Waals surface area contributed by atoms with E-state index < -0.39 is 10.4 Å². The van der Waals surface area contributed by atoms with Crippen molar-refractivity contribution in [2.45, 2.75) is 38.9 Å². The standard InChI is InChI=1S/C6H14O2.H2O4S/c1-5(7)3-4-6(2)8;1-5(2,3)4/h5-8H,3-4H2,1-2H3;(H2,1,2,3,4)/t5-,6-;/m0./s1. The molecule has 0 unspecified atom stereocenters. The van der Waals surface area contributed by atoms with Crippen molar-refractivity contribution >= 4 is 10.4 Å². The third kappa shape index (κ3) is 49.3. The third-order valence-electron chi connectivity index (χ3n) is 1.00. The second kappa shape index (κ2) is 7.22. The van der Waals surface area contributed by atoms with Gasteiger partial charge in [0.15, 0.2) is 0 Å². The van der Waals surface area contributed by atoms with E-state index in [1.165, 1.54) is 0 Å². The van der Waals surface area contributed by atoms with Gasteiger partial charge in [-0.15, -0.1) is 0 Å². The molecule has 0 heterocycles. The molecule has 0 saturated heterocycles. The number of aliphatic hydroxyl groups is 2. The number of hydrogen-bond donors (Lipinski definition) is 4. The van der Waals surface area contributed by atoms with Gasteiger partial charge < -0.3 is 10.2 Å². The zero-order valence-electron chi connectivity index (χ0n) is 7.58. The minimum atomic E-state index is -4.67. The van der Waals surface area contributed by atoms with Gasteiger partial charge in [0.25, 0.3) is 0 Å². The minimum absolute atomic E-state index is 0.274. The highest BCUT2D eigenvalue weighted by molar-refractivity contribution is 7.79. The molecule has 0 amide bonds. The highest BCUT2D eigenvalue weighted by Crippen LogP contribution is 1.98. The molecule has 0 rings (SSSR count). The van der Waals surface area contributed by atoms with E-state index >= 15 is 0 Å². The summed E-state index contributed by atoms with van der Waals surface area (Å²) < 4.78 is 31.6. The molecule has 4 N–H and O–H groups in total. The van der Waals surface area contributed by atoms with Crippen molar-refractivity contribution in [3.8, 4) is 0 Å². The quantitative estimate of drug-likeness (QED) is 0.489. The van der Waals surface area contributed by atoms with Crippen LogP contribution in [0.5, 0.6) is 0 Å². The van der Waals surface area contributed by atoms with Crippen LogP contribution in [0.1, 0.15) is 26.7 Å². The molecule has 6 nitrogen and oxygen atoms in total. The number of hydrogen-bond acceptors (Lipinski definition) is 4. The van der Waals surface area contributed by atoms with Crippen molar-refractivity contribution in [3.05, 3.63) is 0 Å². The Morgan fingerprint density at radius 2 is 1.15 bits per heavy atom. The smallest absolute Gasteiger partial charge is 0.393 e. The van der Waals surface area contributed by atoms with Gasteiger partial charge in [-0.05, 0) is 26.7 Å². The van der Waals surface area contributed by atoms with Gasteiger partial charge in [-0.2, -0.15) is 8.42 Å². The molecule has 0 aromatic rings. The lowest BCUT2D eigenvalue weighted by atomic mass is 10.1. The van der Waals surface area contributed by atoms with Crippen LogP contribution in [-0.2, 0) is 10.4 Å². The van der Waals surface area contributed by atoms with Crippen LogP contribution in [0, 0.1) is 0 Å². The van der Waals surface area contributed by atoms with Crippen LogP contribution >= 0.6 is 0 Å². The number of aliphatic hydroxyl groups excluding tert-OH is 2. The maximum absolute atomic E-state index is 8.74. The van der Waals surface area contributed by atoms with Gasteiger partial charge in [0.2, 0.25) is 0 Å². The van der Waals surface area contributed by atoms with Crippen molar-refractivity contribution in [3.63, 3.8) is 0 Å². The first-order valence-corrected chi connectivity index (χ1v) is 5.08. The Kier molecular flexibility index (Phi) is 8.48. The van der Waals surface area contributed by atoms with Crippen LogP contribution < -0.4 is 0 Å².